The Balaban J connectivity index is -0.0000000476. The van der Waals surface area contributed by atoms with Crippen molar-refractivity contribution in [3.05, 3.63) is 0 Å². The molecule has 0 aromatic heterocycles. The van der Waals surface area contributed by atoms with Gasteiger partial charge in [-0.05, 0) is 0 Å². The van der Waals surface area contributed by atoms with E-state index in [1.165, 1.54) is 0 Å². The smallest absolute Gasteiger partial charge is 0.759 e. The first-order valence-electron chi connectivity index (χ1n) is 3.44. The monoisotopic (exact) mass is 518 g/mol. The van der Waals surface area contributed by atoms with Crippen molar-refractivity contribution in [1.29, 1.82) is 0 Å². The molecule has 20 nitrogen and oxygen atoms in total. The van der Waals surface area contributed by atoms with Crippen molar-refractivity contribution >= 4 is 61.9 Å². The fourth-order valence-corrected chi connectivity index (χ4v) is 0. The van der Waals surface area contributed by atoms with E-state index in [4.69, 9.17) is 87.6 Å². The van der Waals surface area contributed by atoms with Gasteiger partial charge in [0.2, 0.25) is 10.4 Å². The third-order valence-electron chi connectivity index (χ3n) is 0. The van der Waals surface area contributed by atoms with Gasteiger partial charge in [0, 0.05) is 10.4 Å². The van der Waals surface area contributed by atoms with E-state index in [1.807, 2.05) is 0 Å². The van der Waals surface area contributed by atoms with Crippen molar-refractivity contribution in [2.45, 2.75) is 0 Å². The van der Waals surface area contributed by atoms with Crippen molar-refractivity contribution in [2.75, 3.05) is 0 Å². The van der Waals surface area contributed by atoms with Crippen LogP contribution in [0.25, 0.3) is 0 Å². The van der Waals surface area contributed by atoms with Crippen molar-refractivity contribution in [3.63, 3.8) is 0 Å². The standard InChI is InChI=1S/5H2O4S.P/c5*1-5(2,3)4;/h5*(H2,1,2,3,4);/q;;;;;+3/p-3. The molecule has 0 saturated carbocycles. The third kappa shape index (κ3) is 255000. The molecule has 0 heterocycles. The maximum absolute atomic E-state index is 8.74. The van der Waals surface area contributed by atoms with E-state index < -0.39 is 52.0 Å². The molecule has 0 aromatic carbocycles. The molecule has 0 aliphatic rings. The van der Waals surface area contributed by atoms with Crippen LogP contribution in [0, 0.1) is 0 Å². The molecule has 0 unspecified atom stereocenters. The molecule has 0 aliphatic carbocycles. The second-order valence-corrected chi connectivity index (χ2v) is 6.54. The minimum atomic E-state index is -5.17. The van der Waals surface area contributed by atoms with Crippen LogP contribution in [0.5, 0.6) is 0 Å². The molecular formula is H7O20PS5. The zero-order valence-corrected chi connectivity index (χ0v) is 15.9. The van der Waals surface area contributed by atoms with Gasteiger partial charge in [-0.15, -0.1) is 0 Å². The fraction of sp³-hybridized carbons (Fsp3) is 0. The summed E-state index contributed by atoms with van der Waals surface area (Å²) < 4.78 is 162. The Morgan fingerprint density at radius 2 is 0.423 bits per heavy atom. The van der Waals surface area contributed by atoms with E-state index in [2.05, 4.69) is 0 Å². The maximum Gasteiger partial charge on any atom is 3.00 e. The summed E-state index contributed by atoms with van der Waals surface area (Å²) in [7, 11) is -24.1. The van der Waals surface area contributed by atoms with Gasteiger partial charge in [-0.3, -0.25) is 40.3 Å². The summed E-state index contributed by atoms with van der Waals surface area (Å²) in [5.41, 5.74) is 0. The van der Waals surface area contributed by atoms with Crippen molar-refractivity contribution in [2.24, 2.45) is 0 Å². The molecule has 0 amide bonds. The van der Waals surface area contributed by atoms with E-state index in [9.17, 15) is 0 Å². The van der Waals surface area contributed by atoms with E-state index in [-0.39, 0.29) is 9.90 Å². The summed E-state index contributed by atoms with van der Waals surface area (Å²) >= 11 is 0. The maximum atomic E-state index is 8.74. The van der Waals surface area contributed by atoms with Crippen LogP contribution < -0.4 is 0 Å². The average Bonchev–Trinajstić information content (AvgIpc) is 1.79. The molecule has 0 atom stereocenters. The molecule has 0 rings (SSSR count). The first kappa shape index (κ1) is 40.5. The third-order valence-corrected chi connectivity index (χ3v) is 0. The molecular weight excluding hydrogens is 511 g/mol. The zero-order valence-electron chi connectivity index (χ0n) is 10.9. The number of hydrogen-bond donors (Lipinski definition) is 7. The van der Waals surface area contributed by atoms with Gasteiger partial charge in [0.25, 0.3) is 0 Å². The van der Waals surface area contributed by atoms with Gasteiger partial charge in [-0.1, -0.05) is 0 Å². The molecule has 26 heteroatoms. The summed E-state index contributed by atoms with van der Waals surface area (Å²) in [4.78, 5) is 0. The first-order chi connectivity index (χ1) is 10.0. The Kier molecular flexibility index (Phi) is 24.6. The number of hydrogen-bond acceptors (Lipinski definition) is 13. The molecule has 162 valence electrons. The van der Waals surface area contributed by atoms with Crippen LogP contribution in [0.1, 0.15) is 0 Å². The Morgan fingerprint density at radius 3 is 0.423 bits per heavy atom. The molecule has 0 aromatic rings. The topological polar surface area (TPSA) is 381 Å². The Bertz CT molecular complexity index is 614. The Hall–Kier alpha value is -0.220. The summed E-state index contributed by atoms with van der Waals surface area (Å²) in [5.74, 6) is 0. The van der Waals surface area contributed by atoms with Gasteiger partial charge in [0.1, 0.15) is 0 Å². The SMILES string of the molecule is O=S(=O)(O)O.O=S(=O)(O)O.O=S(=O)(O)O.O=S(=O)([O-])O.O=S(=O)([O-])[O-].[P+3]. The zero-order chi connectivity index (χ0) is 22.5. The molecule has 7 N–H and O–H groups in total. The normalized spacial score (nSPS) is 11.2. The first-order valence-corrected chi connectivity index (χ1v) is 10.3. The Morgan fingerprint density at radius 1 is 0.423 bits per heavy atom. The van der Waals surface area contributed by atoms with Crippen LogP contribution in [-0.4, -0.2) is 87.6 Å². The van der Waals surface area contributed by atoms with Gasteiger partial charge >= 0.3 is 41.1 Å². The quantitative estimate of drug-likeness (QED) is 0.0930. The summed E-state index contributed by atoms with van der Waals surface area (Å²) in [6, 6.07) is 0. The second-order valence-electron chi connectivity index (χ2n) is 2.18. The minimum Gasteiger partial charge on any atom is -0.759 e. The van der Waals surface area contributed by atoms with Crippen LogP contribution in [0.3, 0.4) is 0 Å². The Labute approximate surface area is 149 Å². The predicted octanol–water partition coefficient (Wildman–Crippen LogP) is -3.43. The van der Waals surface area contributed by atoms with Crippen LogP contribution in [0.2, 0.25) is 0 Å². The van der Waals surface area contributed by atoms with Gasteiger partial charge in [0.15, 0.2) is 0 Å². The van der Waals surface area contributed by atoms with Crippen LogP contribution >= 0.6 is 9.90 Å². The molecule has 0 fully saturated rings. The fourth-order valence-electron chi connectivity index (χ4n) is 0. The van der Waals surface area contributed by atoms with Gasteiger partial charge in [-0.25, -0.2) is 8.42 Å². The molecule has 0 bridgehead atoms. The molecule has 2 radical (unpaired) electrons. The van der Waals surface area contributed by atoms with Crippen molar-refractivity contribution in [1.82, 2.24) is 0 Å². The van der Waals surface area contributed by atoms with Gasteiger partial charge in [-0.2, -0.15) is 25.3 Å². The van der Waals surface area contributed by atoms with Crippen LogP contribution in [-0.2, 0) is 52.0 Å². The van der Waals surface area contributed by atoms with Crippen LogP contribution in [0.4, 0.5) is 0 Å². The molecule has 0 saturated heterocycles. The van der Waals surface area contributed by atoms with Crippen molar-refractivity contribution < 1.29 is 87.6 Å². The number of rotatable bonds is 0. The largest absolute Gasteiger partial charge is 3.00 e. The van der Waals surface area contributed by atoms with E-state index >= 15 is 0 Å². The van der Waals surface area contributed by atoms with Gasteiger partial charge in [0.05, 0.1) is 0 Å². The predicted molar refractivity (Wildman–Crippen MR) is 72.3 cm³/mol. The molecule has 26 heavy (non-hydrogen) atoms. The van der Waals surface area contributed by atoms with Crippen molar-refractivity contribution in [3.8, 4) is 0 Å². The van der Waals surface area contributed by atoms with E-state index in [0.717, 1.165) is 0 Å². The van der Waals surface area contributed by atoms with E-state index in [1.54, 1.807) is 0 Å². The van der Waals surface area contributed by atoms with E-state index in [0.29, 0.717) is 0 Å². The summed E-state index contributed by atoms with van der Waals surface area (Å²) in [6.45, 7) is 0. The average molecular weight is 518 g/mol. The minimum absolute atomic E-state index is 0. The molecule has 0 spiro atoms. The summed E-state index contributed by atoms with van der Waals surface area (Å²) in [6.07, 6.45) is 0. The van der Waals surface area contributed by atoms with Crippen LogP contribution in [0.15, 0.2) is 0 Å². The molecule has 0 aliphatic heterocycles. The summed E-state index contributed by atoms with van der Waals surface area (Å²) in [5, 5.41) is 0. The van der Waals surface area contributed by atoms with Gasteiger partial charge < -0.3 is 13.7 Å². The second kappa shape index (κ2) is 15.8.